The second kappa shape index (κ2) is 6.92. The molecule has 0 fully saturated rings. The first-order valence-corrected chi connectivity index (χ1v) is 9.60. The zero-order valence-electron chi connectivity index (χ0n) is 15.4. The van der Waals surface area contributed by atoms with Crippen molar-refractivity contribution in [3.05, 3.63) is 65.0 Å². The first-order chi connectivity index (χ1) is 12.7. The molecule has 0 N–H and O–H groups in total. The molecule has 1 heterocycles. The van der Waals surface area contributed by atoms with Gasteiger partial charge in [0.05, 0.1) is 10.6 Å². The summed E-state index contributed by atoms with van der Waals surface area (Å²) in [5.74, 6) is -0.613. The van der Waals surface area contributed by atoms with Crippen molar-refractivity contribution in [2.45, 2.75) is 25.7 Å². The number of nitrogens with zero attached hydrogens (tertiary/aromatic N) is 5. The number of aromatic nitrogens is 4. The second-order valence-corrected chi connectivity index (χ2v) is 8.21. The summed E-state index contributed by atoms with van der Waals surface area (Å²) in [7, 11) is -2.70. The molecule has 3 rings (SSSR count). The number of sulfonamides is 1. The molecule has 0 bridgehead atoms. The van der Waals surface area contributed by atoms with Crippen LogP contribution in [0.5, 0.6) is 0 Å². The van der Waals surface area contributed by atoms with E-state index in [1.807, 2.05) is 6.92 Å². The van der Waals surface area contributed by atoms with Gasteiger partial charge >= 0.3 is 0 Å². The van der Waals surface area contributed by atoms with E-state index in [-0.39, 0.29) is 10.5 Å². The van der Waals surface area contributed by atoms with Crippen molar-refractivity contribution in [2.75, 3.05) is 7.05 Å². The standard InChI is InChI=1S/C18H19N5O3S/c1-12-9-13(2)17(14(3)10-12)27(25,26)22(4)18(24)15-5-7-16(8-6-15)23-11-19-20-21-23/h5-11H,1-4H3. The quantitative estimate of drug-likeness (QED) is 0.682. The molecule has 0 atom stereocenters. The molecule has 27 heavy (non-hydrogen) atoms. The normalized spacial score (nSPS) is 11.4. The fourth-order valence-electron chi connectivity index (χ4n) is 3.04. The largest absolute Gasteiger partial charge is 0.268 e. The number of benzene rings is 2. The summed E-state index contributed by atoms with van der Waals surface area (Å²) in [6.45, 7) is 5.36. The third-order valence-electron chi connectivity index (χ3n) is 4.24. The van der Waals surface area contributed by atoms with Gasteiger partial charge in [-0.05, 0) is 66.6 Å². The van der Waals surface area contributed by atoms with Gasteiger partial charge in [-0.1, -0.05) is 17.7 Å². The molecule has 1 amide bonds. The van der Waals surface area contributed by atoms with Crippen LogP contribution in [0.3, 0.4) is 0 Å². The molecule has 0 saturated carbocycles. The molecule has 0 radical (unpaired) electrons. The lowest BCUT2D eigenvalue weighted by Gasteiger charge is -2.21. The second-order valence-electron chi connectivity index (χ2n) is 6.31. The number of aryl methyl sites for hydroxylation is 3. The van der Waals surface area contributed by atoms with Crippen LogP contribution in [-0.2, 0) is 10.0 Å². The van der Waals surface area contributed by atoms with E-state index in [0.717, 1.165) is 9.87 Å². The van der Waals surface area contributed by atoms with E-state index in [4.69, 9.17) is 0 Å². The van der Waals surface area contributed by atoms with E-state index in [9.17, 15) is 13.2 Å². The van der Waals surface area contributed by atoms with Crippen LogP contribution in [0.15, 0.2) is 47.6 Å². The van der Waals surface area contributed by atoms with Crippen LogP contribution in [0.2, 0.25) is 0 Å². The Balaban J connectivity index is 1.93. The van der Waals surface area contributed by atoms with Crippen LogP contribution in [0.25, 0.3) is 5.69 Å². The molecular formula is C18H19N5O3S. The predicted molar refractivity (Wildman–Crippen MR) is 99.1 cm³/mol. The van der Waals surface area contributed by atoms with E-state index in [1.165, 1.54) is 18.1 Å². The average Bonchev–Trinajstić information content (AvgIpc) is 3.14. The Bertz CT molecular complexity index is 1070. The van der Waals surface area contributed by atoms with Crippen LogP contribution in [-0.4, -0.2) is 45.9 Å². The van der Waals surface area contributed by atoms with Crippen LogP contribution in [0, 0.1) is 20.8 Å². The summed E-state index contributed by atoms with van der Waals surface area (Å²) in [5.41, 5.74) is 3.10. The van der Waals surface area contributed by atoms with Gasteiger partial charge in [-0.25, -0.2) is 17.4 Å². The molecule has 0 saturated heterocycles. The number of rotatable bonds is 4. The van der Waals surface area contributed by atoms with Gasteiger partial charge in [-0.2, -0.15) is 0 Å². The van der Waals surface area contributed by atoms with Crippen LogP contribution < -0.4 is 0 Å². The molecule has 8 nitrogen and oxygen atoms in total. The zero-order chi connectivity index (χ0) is 19.8. The van der Waals surface area contributed by atoms with Gasteiger partial charge in [0.15, 0.2) is 0 Å². The van der Waals surface area contributed by atoms with Gasteiger partial charge in [0.25, 0.3) is 15.9 Å². The number of hydrogen-bond acceptors (Lipinski definition) is 6. The molecule has 9 heteroatoms. The minimum atomic E-state index is -3.97. The third-order valence-corrected chi connectivity index (χ3v) is 6.28. The lowest BCUT2D eigenvalue weighted by Crippen LogP contribution is -2.34. The van der Waals surface area contributed by atoms with Crippen LogP contribution in [0.1, 0.15) is 27.0 Å². The van der Waals surface area contributed by atoms with Crippen LogP contribution in [0.4, 0.5) is 0 Å². The highest BCUT2D eigenvalue weighted by molar-refractivity contribution is 7.89. The first kappa shape index (κ1) is 18.7. The first-order valence-electron chi connectivity index (χ1n) is 8.16. The van der Waals surface area contributed by atoms with Crippen molar-refractivity contribution in [1.82, 2.24) is 24.5 Å². The number of carbonyl (C=O) groups excluding carboxylic acids is 1. The monoisotopic (exact) mass is 385 g/mol. The highest BCUT2D eigenvalue weighted by atomic mass is 32.2. The smallest absolute Gasteiger partial charge is 0.267 e. The maximum atomic E-state index is 13.0. The Kier molecular flexibility index (Phi) is 4.79. The number of hydrogen-bond donors (Lipinski definition) is 0. The Morgan fingerprint density at radius 1 is 1.04 bits per heavy atom. The Hall–Kier alpha value is -3.07. The molecule has 140 valence electrons. The van der Waals surface area contributed by atoms with Gasteiger partial charge in [0.2, 0.25) is 0 Å². The summed E-state index contributed by atoms with van der Waals surface area (Å²) in [6, 6.07) is 9.96. The highest BCUT2D eigenvalue weighted by Gasteiger charge is 2.29. The SMILES string of the molecule is Cc1cc(C)c(S(=O)(=O)N(C)C(=O)c2ccc(-n3cnnn3)cc2)c(C)c1. The zero-order valence-corrected chi connectivity index (χ0v) is 16.2. The number of amides is 1. The topological polar surface area (TPSA) is 98.1 Å². The van der Waals surface area contributed by atoms with E-state index < -0.39 is 15.9 Å². The Morgan fingerprint density at radius 2 is 1.63 bits per heavy atom. The molecule has 3 aromatic rings. The molecule has 0 aliphatic rings. The minimum absolute atomic E-state index is 0.161. The van der Waals surface area contributed by atoms with Crippen molar-refractivity contribution in [1.29, 1.82) is 0 Å². The van der Waals surface area contributed by atoms with Crippen molar-refractivity contribution >= 4 is 15.9 Å². The minimum Gasteiger partial charge on any atom is -0.268 e. The van der Waals surface area contributed by atoms with Crippen molar-refractivity contribution in [2.24, 2.45) is 0 Å². The van der Waals surface area contributed by atoms with Gasteiger partial charge in [-0.3, -0.25) is 4.79 Å². The lowest BCUT2D eigenvalue weighted by atomic mass is 10.1. The molecule has 2 aromatic carbocycles. The molecule has 0 aliphatic carbocycles. The van der Waals surface area contributed by atoms with Gasteiger partial charge in [-0.15, -0.1) is 5.10 Å². The van der Waals surface area contributed by atoms with Gasteiger partial charge < -0.3 is 0 Å². The molecule has 1 aromatic heterocycles. The van der Waals surface area contributed by atoms with E-state index in [2.05, 4.69) is 15.5 Å². The van der Waals surface area contributed by atoms with E-state index in [1.54, 1.807) is 50.2 Å². The summed E-state index contributed by atoms with van der Waals surface area (Å²) in [4.78, 5) is 12.9. The number of tetrazole rings is 1. The predicted octanol–water partition coefficient (Wildman–Crippen LogP) is 2.05. The van der Waals surface area contributed by atoms with E-state index >= 15 is 0 Å². The maximum Gasteiger partial charge on any atom is 0.267 e. The summed E-state index contributed by atoms with van der Waals surface area (Å²) >= 11 is 0. The Labute approximate surface area is 157 Å². The molecule has 0 unspecified atom stereocenters. The van der Waals surface area contributed by atoms with Crippen molar-refractivity contribution in [3.63, 3.8) is 0 Å². The highest BCUT2D eigenvalue weighted by Crippen LogP contribution is 2.25. The van der Waals surface area contributed by atoms with Gasteiger partial charge in [0, 0.05) is 12.6 Å². The fraction of sp³-hybridized carbons (Fsp3) is 0.222. The van der Waals surface area contributed by atoms with Crippen molar-refractivity contribution < 1.29 is 13.2 Å². The Morgan fingerprint density at radius 3 is 2.15 bits per heavy atom. The molecule has 0 aliphatic heterocycles. The summed E-state index contributed by atoms with van der Waals surface area (Å²) < 4.78 is 28.3. The summed E-state index contributed by atoms with van der Waals surface area (Å²) in [5, 5.41) is 10.9. The van der Waals surface area contributed by atoms with Crippen molar-refractivity contribution in [3.8, 4) is 5.69 Å². The maximum absolute atomic E-state index is 13.0. The number of carbonyl (C=O) groups is 1. The van der Waals surface area contributed by atoms with E-state index in [0.29, 0.717) is 16.8 Å². The lowest BCUT2D eigenvalue weighted by molar-refractivity contribution is 0.0883. The average molecular weight is 385 g/mol. The molecule has 0 spiro atoms. The summed E-state index contributed by atoms with van der Waals surface area (Å²) in [6.07, 6.45) is 1.43. The molecular weight excluding hydrogens is 366 g/mol. The third kappa shape index (κ3) is 3.45. The van der Waals surface area contributed by atoms with Gasteiger partial charge in [0.1, 0.15) is 6.33 Å². The fourth-order valence-corrected chi connectivity index (χ4v) is 4.57. The van der Waals surface area contributed by atoms with Crippen LogP contribution >= 0.6 is 0 Å².